The molecular weight excluding hydrogens is 314 g/mol. The van der Waals surface area contributed by atoms with Crippen LogP contribution in [0, 0.1) is 0 Å². The average molecular weight is 333 g/mol. The summed E-state index contributed by atoms with van der Waals surface area (Å²) in [5, 5.41) is 0. The zero-order valence-electron chi connectivity index (χ0n) is 13.5. The highest BCUT2D eigenvalue weighted by Crippen LogP contribution is 2.33. The summed E-state index contributed by atoms with van der Waals surface area (Å²) in [5.41, 5.74) is 4.96. The second-order valence-corrected chi connectivity index (χ2v) is 7.45. The molecule has 3 heterocycles. The first kappa shape index (κ1) is 14.2. The van der Waals surface area contributed by atoms with E-state index in [1.165, 1.54) is 47.4 Å². The van der Waals surface area contributed by atoms with Gasteiger partial charge in [0.1, 0.15) is 0 Å². The molecule has 1 aliphatic heterocycles. The van der Waals surface area contributed by atoms with Crippen LogP contribution in [0.2, 0.25) is 0 Å². The van der Waals surface area contributed by atoms with Crippen molar-refractivity contribution in [2.75, 3.05) is 13.1 Å². The van der Waals surface area contributed by atoms with E-state index in [-0.39, 0.29) is 0 Å². The Morgan fingerprint density at radius 1 is 0.917 bits per heavy atom. The number of thiazole rings is 1. The van der Waals surface area contributed by atoms with Gasteiger partial charge in [-0.2, -0.15) is 0 Å². The number of aromatic nitrogens is 2. The second kappa shape index (κ2) is 5.72. The lowest BCUT2D eigenvalue weighted by Gasteiger charge is -2.15. The quantitative estimate of drug-likeness (QED) is 0.536. The Balaban J connectivity index is 1.75. The number of benzene rings is 2. The molecule has 0 bridgehead atoms. The third-order valence-corrected chi connectivity index (χ3v) is 5.89. The van der Waals surface area contributed by atoms with Gasteiger partial charge >= 0.3 is 0 Å². The minimum Gasteiger partial charge on any atom is -0.297 e. The molecular formula is C20H19N3S. The van der Waals surface area contributed by atoms with Crippen LogP contribution in [0.25, 0.3) is 26.4 Å². The topological polar surface area (TPSA) is 20.5 Å². The van der Waals surface area contributed by atoms with Gasteiger partial charge in [0.15, 0.2) is 4.96 Å². The Labute approximate surface area is 145 Å². The molecule has 0 aliphatic carbocycles. The first-order valence-corrected chi connectivity index (χ1v) is 9.38. The lowest BCUT2D eigenvalue weighted by molar-refractivity contribution is 0.327. The van der Waals surface area contributed by atoms with E-state index in [1.54, 1.807) is 11.3 Å². The highest BCUT2D eigenvalue weighted by atomic mass is 32.1. The fraction of sp³-hybridized carbons (Fsp3) is 0.250. The molecule has 0 unspecified atom stereocenters. The Kier molecular flexibility index (Phi) is 3.39. The maximum atomic E-state index is 5.02. The zero-order chi connectivity index (χ0) is 15.9. The first-order chi connectivity index (χ1) is 11.9. The van der Waals surface area contributed by atoms with Crippen LogP contribution in [0.5, 0.6) is 0 Å². The van der Waals surface area contributed by atoms with Gasteiger partial charge in [0.05, 0.1) is 21.6 Å². The third-order valence-electron chi connectivity index (χ3n) is 4.87. The molecule has 0 saturated carbocycles. The van der Waals surface area contributed by atoms with E-state index in [4.69, 9.17) is 4.98 Å². The Hall–Kier alpha value is -2.17. The summed E-state index contributed by atoms with van der Waals surface area (Å²) in [7, 11) is 0. The van der Waals surface area contributed by atoms with E-state index in [0.29, 0.717) is 0 Å². The summed E-state index contributed by atoms with van der Waals surface area (Å²) in [4.78, 5) is 8.68. The van der Waals surface area contributed by atoms with Crippen LogP contribution < -0.4 is 0 Å². The van der Waals surface area contributed by atoms with Crippen molar-refractivity contribution in [1.29, 1.82) is 0 Å². The van der Waals surface area contributed by atoms with Crippen LogP contribution in [0.3, 0.4) is 0 Å². The summed E-state index contributed by atoms with van der Waals surface area (Å²) < 4.78 is 3.68. The number of imidazole rings is 1. The molecule has 5 rings (SSSR count). The molecule has 0 amide bonds. The third kappa shape index (κ3) is 2.26. The molecule has 0 spiro atoms. The monoisotopic (exact) mass is 333 g/mol. The van der Waals surface area contributed by atoms with E-state index in [1.807, 2.05) is 0 Å². The highest BCUT2D eigenvalue weighted by Gasteiger charge is 2.21. The SMILES string of the molecule is c1ccc(-c2nc3sc4ccccc4n3c2CN2CCCC2)cc1. The molecule has 0 radical (unpaired) electrons. The Morgan fingerprint density at radius 2 is 1.67 bits per heavy atom. The van der Waals surface area contributed by atoms with Crippen molar-refractivity contribution in [1.82, 2.24) is 14.3 Å². The molecule has 0 N–H and O–H groups in total. The molecule has 0 atom stereocenters. The number of fused-ring (bicyclic) bond motifs is 3. The lowest BCUT2D eigenvalue weighted by Crippen LogP contribution is -2.19. The molecule has 2 aromatic heterocycles. The Morgan fingerprint density at radius 3 is 2.50 bits per heavy atom. The van der Waals surface area contributed by atoms with Gasteiger partial charge in [-0.05, 0) is 38.1 Å². The van der Waals surface area contributed by atoms with E-state index >= 15 is 0 Å². The van der Waals surface area contributed by atoms with Crippen molar-refractivity contribution in [3.05, 3.63) is 60.3 Å². The molecule has 4 aromatic rings. The standard InChI is InChI=1S/C20H19N3S/c1-2-8-15(9-3-1)19-17(14-22-12-6-7-13-22)23-16-10-4-5-11-18(16)24-20(23)21-19/h1-5,8-11H,6-7,12-14H2. The van der Waals surface area contributed by atoms with Gasteiger partial charge in [-0.3, -0.25) is 9.30 Å². The second-order valence-electron chi connectivity index (χ2n) is 6.44. The number of hydrogen-bond acceptors (Lipinski definition) is 3. The number of likely N-dealkylation sites (tertiary alicyclic amines) is 1. The van der Waals surface area contributed by atoms with Gasteiger partial charge in [0, 0.05) is 12.1 Å². The fourth-order valence-corrected chi connectivity index (χ4v) is 4.74. The molecule has 120 valence electrons. The van der Waals surface area contributed by atoms with E-state index in [2.05, 4.69) is 63.9 Å². The molecule has 1 fully saturated rings. The van der Waals surface area contributed by atoms with Crippen LogP contribution >= 0.6 is 11.3 Å². The lowest BCUT2D eigenvalue weighted by atomic mass is 10.1. The maximum Gasteiger partial charge on any atom is 0.195 e. The van der Waals surface area contributed by atoms with Gasteiger partial charge in [-0.1, -0.05) is 53.8 Å². The van der Waals surface area contributed by atoms with E-state index < -0.39 is 0 Å². The number of para-hydroxylation sites is 1. The van der Waals surface area contributed by atoms with Crippen molar-refractivity contribution in [2.45, 2.75) is 19.4 Å². The van der Waals surface area contributed by atoms with Crippen LogP contribution in [0.15, 0.2) is 54.6 Å². The summed E-state index contributed by atoms with van der Waals surface area (Å²) in [6.07, 6.45) is 2.63. The maximum absolute atomic E-state index is 5.02. The van der Waals surface area contributed by atoms with Crippen LogP contribution in [-0.4, -0.2) is 27.4 Å². The number of rotatable bonds is 3. The smallest absolute Gasteiger partial charge is 0.195 e. The molecule has 24 heavy (non-hydrogen) atoms. The number of hydrogen-bond donors (Lipinski definition) is 0. The summed E-state index contributed by atoms with van der Waals surface area (Å²) in [5.74, 6) is 0. The van der Waals surface area contributed by atoms with Crippen LogP contribution in [0.4, 0.5) is 0 Å². The zero-order valence-corrected chi connectivity index (χ0v) is 14.3. The predicted octanol–water partition coefficient (Wildman–Crippen LogP) is 4.81. The van der Waals surface area contributed by atoms with E-state index in [0.717, 1.165) is 17.2 Å². The van der Waals surface area contributed by atoms with Crippen molar-refractivity contribution < 1.29 is 0 Å². The normalized spacial score (nSPS) is 15.7. The average Bonchev–Trinajstić information content (AvgIpc) is 3.32. The van der Waals surface area contributed by atoms with Gasteiger partial charge in [0.25, 0.3) is 0 Å². The molecule has 4 heteroatoms. The summed E-state index contributed by atoms with van der Waals surface area (Å²) in [6.45, 7) is 3.37. The van der Waals surface area contributed by atoms with Gasteiger partial charge in [0.2, 0.25) is 0 Å². The fourth-order valence-electron chi connectivity index (χ4n) is 3.70. The summed E-state index contributed by atoms with van der Waals surface area (Å²) in [6, 6.07) is 19.2. The largest absolute Gasteiger partial charge is 0.297 e. The minimum absolute atomic E-state index is 0.978. The van der Waals surface area contributed by atoms with Crippen LogP contribution in [0.1, 0.15) is 18.5 Å². The summed E-state index contributed by atoms with van der Waals surface area (Å²) >= 11 is 1.78. The van der Waals surface area contributed by atoms with E-state index in [9.17, 15) is 0 Å². The van der Waals surface area contributed by atoms with Crippen molar-refractivity contribution in [3.63, 3.8) is 0 Å². The molecule has 2 aromatic carbocycles. The minimum atomic E-state index is 0.978. The molecule has 3 nitrogen and oxygen atoms in total. The van der Waals surface area contributed by atoms with Crippen LogP contribution in [-0.2, 0) is 6.54 Å². The van der Waals surface area contributed by atoms with Crippen molar-refractivity contribution in [2.24, 2.45) is 0 Å². The van der Waals surface area contributed by atoms with Gasteiger partial charge in [-0.15, -0.1) is 0 Å². The Bertz CT molecular complexity index is 994. The predicted molar refractivity (Wildman–Crippen MR) is 101 cm³/mol. The van der Waals surface area contributed by atoms with Crippen molar-refractivity contribution in [3.8, 4) is 11.3 Å². The van der Waals surface area contributed by atoms with Gasteiger partial charge in [-0.25, -0.2) is 4.98 Å². The number of nitrogens with zero attached hydrogens (tertiary/aromatic N) is 3. The van der Waals surface area contributed by atoms with Crippen molar-refractivity contribution >= 4 is 26.5 Å². The molecule has 1 saturated heterocycles. The highest BCUT2D eigenvalue weighted by molar-refractivity contribution is 7.23. The molecule has 1 aliphatic rings. The van der Waals surface area contributed by atoms with Gasteiger partial charge < -0.3 is 0 Å². The first-order valence-electron chi connectivity index (χ1n) is 8.57.